The molecule has 21 heavy (non-hydrogen) atoms. The molecular formula is C15H27N5S. The van der Waals surface area contributed by atoms with Crippen molar-refractivity contribution >= 4 is 17.7 Å². The zero-order valence-electron chi connectivity index (χ0n) is 13.4. The predicted molar refractivity (Wildman–Crippen MR) is 90.9 cm³/mol. The van der Waals surface area contributed by atoms with E-state index in [1.807, 2.05) is 23.1 Å². The van der Waals surface area contributed by atoms with E-state index in [9.17, 15) is 0 Å². The van der Waals surface area contributed by atoms with Gasteiger partial charge in [0.2, 0.25) is 0 Å². The quantitative estimate of drug-likeness (QED) is 0.514. The van der Waals surface area contributed by atoms with Crippen molar-refractivity contribution in [3.8, 4) is 0 Å². The van der Waals surface area contributed by atoms with Crippen LogP contribution < -0.4 is 5.32 Å². The normalized spacial score (nSPS) is 18.8. The molecule has 1 aromatic heterocycles. The molecule has 2 rings (SSSR count). The Labute approximate surface area is 132 Å². The average Bonchev–Trinajstić information content (AvgIpc) is 2.94. The van der Waals surface area contributed by atoms with Crippen molar-refractivity contribution in [1.29, 1.82) is 0 Å². The molecule has 0 radical (unpaired) electrons. The Morgan fingerprint density at radius 3 is 3.00 bits per heavy atom. The van der Waals surface area contributed by atoms with Crippen LogP contribution in [0, 0.1) is 0 Å². The minimum Gasteiger partial charge on any atom is -0.357 e. The van der Waals surface area contributed by atoms with Crippen LogP contribution in [-0.4, -0.2) is 57.3 Å². The Morgan fingerprint density at radius 1 is 1.48 bits per heavy atom. The highest BCUT2D eigenvalue weighted by Gasteiger charge is 2.28. The van der Waals surface area contributed by atoms with Crippen molar-refractivity contribution in [1.82, 2.24) is 20.0 Å². The summed E-state index contributed by atoms with van der Waals surface area (Å²) in [7, 11) is 0. The van der Waals surface area contributed by atoms with Crippen molar-refractivity contribution in [2.75, 3.05) is 31.9 Å². The number of hydrogen-bond acceptors (Lipinski definition) is 3. The largest absolute Gasteiger partial charge is 0.357 e. The molecule has 1 aliphatic heterocycles. The van der Waals surface area contributed by atoms with Crippen LogP contribution in [0.3, 0.4) is 0 Å². The molecule has 1 saturated heterocycles. The summed E-state index contributed by atoms with van der Waals surface area (Å²) in [5, 5.41) is 7.65. The lowest BCUT2D eigenvalue weighted by Crippen LogP contribution is -2.51. The van der Waals surface area contributed by atoms with Crippen molar-refractivity contribution < 1.29 is 0 Å². The van der Waals surface area contributed by atoms with Crippen LogP contribution in [0.15, 0.2) is 23.5 Å². The summed E-state index contributed by atoms with van der Waals surface area (Å²) in [6, 6.07) is 1.96. The van der Waals surface area contributed by atoms with E-state index in [1.54, 1.807) is 0 Å². The standard InChI is InChI=1S/C15H27N5S/c1-4-16-14(19-11-12-21-15(2,3)13-19)17-7-5-9-20-10-6-8-18-20/h6,8,10H,4-5,7,9,11-13H2,1-3H3,(H,16,17). The molecule has 1 fully saturated rings. The second kappa shape index (κ2) is 7.73. The van der Waals surface area contributed by atoms with Gasteiger partial charge in [-0.15, -0.1) is 0 Å². The number of hydrogen-bond donors (Lipinski definition) is 1. The smallest absolute Gasteiger partial charge is 0.193 e. The van der Waals surface area contributed by atoms with E-state index in [4.69, 9.17) is 4.99 Å². The lowest BCUT2D eigenvalue weighted by atomic mass is 10.2. The maximum Gasteiger partial charge on any atom is 0.193 e. The molecule has 0 atom stereocenters. The van der Waals surface area contributed by atoms with E-state index in [0.29, 0.717) is 4.75 Å². The molecule has 0 saturated carbocycles. The first kappa shape index (κ1) is 16.2. The van der Waals surface area contributed by atoms with E-state index >= 15 is 0 Å². The number of nitrogens with zero attached hydrogens (tertiary/aromatic N) is 4. The number of nitrogens with one attached hydrogen (secondary N) is 1. The number of aromatic nitrogens is 2. The molecule has 5 nitrogen and oxygen atoms in total. The Balaban J connectivity index is 1.86. The molecule has 0 bridgehead atoms. The summed E-state index contributed by atoms with van der Waals surface area (Å²) >= 11 is 2.05. The summed E-state index contributed by atoms with van der Waals surface area (Å²) in [5.74, 6) is 2.23. The summed E-state index contributed by atoms with van der Waals surface area (Å²) in [6.45, 7) is 11.6. The molecule has 0 aromatic carbocycles. The van der Waals surface area contributed by atoms with Gasteiger partial charge in [0.1, 0.15) is 0 Å². The van der Waals surface area contributed by atoms with Gasteiger partial charge in [0.25, 0.3) is 0 Å². The van der Waals surface area contributed by atoms with Gasteiger partial charge in [0.15, 0.2) is 5.96 Å². The maximum atomic E-state index is 4.78. The molecule has 0 aliphatic carbocycles. The Morgan fingerprint density at radius 2 is 2.33 bits per heavy atom. The first-order valence-corrected chi connectivity index (χ1v) is 8.74. The highest BCUT2D eigenvalue weighted by molar-refractivity contribution is 8.00. The van der Waals surface area contributed by atoms with Crippen molar-refractivity contribution in [2.24, 2.45) is 4.99 Å². The molecule has 2 heterocycles. The van der Waals surface area contributed by atoms with Crippen molar-refractivity contribution in [3.05, 3.63) is 18.5 Å². The fourth-order valence-corrected chi connectivity index (χ4v) is 3.58. The van der Waals surface area contributed by atoms with E-state index in [2.05, 4.69) is 47.8 Å². The predicted octanol–water partition coefficient (Wildman–Crippen LogP) is 2.07. The molecular weight excluding hydrogens is 282 g/mol. The Bertz CT molecular complexity index is 441. The van der Waals surface area contributed by atoms with Gasteiger partial charge in [-0.05, 0) is 33.3 Å². The SMILES string of the molecule is CCNC(=NCCCn1cccn1)N1CCSC(C)(C)C1. The average molecular weight is 309 g/mol. The van der Waals surface area contributed by atoms with Crippen LogP contribution in [0.5, 0.6) is 0 Å². The third kappa shape index (κ3) is 5.26. The first-order chi connectivity index (χ1) is 10.1. The van der Waals surface area contributed by atoms with E-state index in [1.165, 1.54) is 5.75 Å². The van der Waals surface area contributed by atoms with Crippen molar-refractivity contribution in [2.45, 2.75) is 38.5 Å². The molecule has 0 amide bonds. The van der Waals surface area contributed by atoms with Crippen LogP contribution in [0.2, 0.25) is 0 Å². The first-order valence-electron chi connectivity index (χ1n) is 7.75. The van der Waals surface area contributed by atoms with Crippen LogP contribution in [-0.2, 0) is 6.54 Å². The van der Waals surface area contributed by atoms with Crippen LogP contribution in [0.1, 0.15) is 27.2 Å². The molecule has 0 spiro atoms. The Hall–Kier alpha value is -1.17. The molecule has 6 heteroatoms. The molecule has 0 unspecified atom stereocenters. The Kier molecular flexibility index (Phi) is 5.96. The second-order valence-corrected chi connectivity index (χ2v) is 7.69. The van der Waals surface area contributed by atoms with E-state index in [0.717, 1.165) is 45.1 Å². The number of guanidine groups is 1. The fourth-order valence-electron chi connectivity index (χ4n) is 2.47. The van der Waals surface area contributed by atoms with E-state index < -0.39 is 0 Å². The van der Waals surface area contributed by atoms with E-state index in [-0.39, 0.29) is 0 Å². The molecule has 118 valence electrons. The minimum absolute atomic E-state index is 0.309. The summed E-state index contributed by atoms with van der Waals surface area (Å²) in [5.41, 5.74) is 0. The highest BCUT2D eigenvalue weighted by atomic mass is 32.2. The second-order valence-electron chi connectivity index (χ2n) is 5.89. The summed E-state index contributed by atoms with van der Waals surface area (Å²) < 4.78 is 2.27. The molecule has 1 aromatic rings. The summed E-state index contributed by atoms with van der Waals surface area (Å²) in [6.07, 6.45) is 4.84. The van der Waals surface area contributed by atoms with Gasteiger partial charge in [0, 0.05) is 55.6 Å². The lowest BCUT2D eigenvalue weighted by molar-refractivity contribution is 0.375. The monoisotopic (exact) mass is 309 g/mol. The van der Waals surface area contributed by atoms with Gasteiger partial charge in [-0.25, -0.2) is 0 Å². The van der Waals surface area contributed by atoms with Gasteiger partial charge in [-0.2, -0.15) is 16.9 Å². The summed E-state index contributed by atoms with van der Waals surface area (Å²) in [4.78, 5) is 7.18. The number of aliphatic imine (C=N–C) groups is 1. The topological polar surface area (TPSA) is 45.5 Å². The molecule has 1 N–H and O–H groups in total. The van der Waals surface area contributed by atoms with Gasteiger partial charge >= 0.3 is 0 Å². The van der Waals surface area contributed by atoms with Crippen LogP contribution in [0.4, 0.5) is 0 Å². The fraction of sp³-hybridized carbons (Fsp3) is 0.733. The van der Waals surface area contributed by atoms with Crippen molar-refractivity contribution in [3.63, 3.8) is 0 Å². The third-order valence-electron chi connectivity index (χ3n) is 3.43. The molecule has 1 aliphatic rings. The zero-order valence-corrected chi connectivity index (χ0v) is 14.2. The van der Waals surface area contributed by atoms with Crippen LogP contribution in [0.25, 0.3) is 0 Å². The number of thioether (sulfide) groups is 1. The minimum atomic E-state index is 0.309. The zero-order chi connectivity index (χ0) is 15.1. The highest BCUT2D eigenvalue weighted by Crippen LogP contribution is 2.29. The third-order valence-corrected chi connectivity index (χ3v) is 4.72. The van der Waals surface area contributed by atoms with Gasteiger partial charge < -0.3 is 10.2 Å². The lowest BCUT2D eigenvalue weighted by Gasteiger charge is -2.39. The van der Waals surface area contributed by atoms with Crippen LogP contribution >= 0.6 is 11.8 Å². The number of rotatable bonds is 5. The maximum absolute atomic E-state index is 4.78. The van der Waals surface area contributed by atoms with Gasteiger partial charge in [-0.1, -0.05) is 0 Å². The van der Waals surface area contributed by atoms with Gasteiger partial charge in [0.05, 0.1) is 0 Å². The number of aryl methyl sites for hydroxylation is 1. The van der Waals surface area contributed by atoms with Gasteiger partial charge in [-0.3, -0.25) is 9.67 Å².